The van der Waals surface area contributed by atoms with Crippen molar-refractivity contribution in [2.45, 2.75) is 13.5 Å². The maximum Gasteiger partial charge on any atom is 0.254 e. The SMILES string of the molecule is CCN(CC(=O)NCc1ccc(F)cc1)C(=O)c1cccc2ccccc12. The average Bonchev–Trinajstić information content (AvgIpc) is 2.70. The van der Waals surface area contributed by atoms with Crippen LogP contribution in [0, 0.1) is 5.82 Å². The molecule has 5 heteroatoms. The lowest BCUT2D eigenvalue weighted by Crippen LogP contribution is -2.40. The Morgan fingerprint density at radius 3 is 2.41 bits per heavy atom. The molecule has 1 N–H and O–H groups in total. The fourth-order valence-corrected chi connectivity index (χ4v) is 2.94. The molecular formula is C22H21FN2O2. The van der Waals surface area contributed by atoms with E-state index in [9.17, 15) is 14.0 Å². The van der Waals surface area contributed by atoms with Crippen molar-refractivity contribution in [3.63, 3.8) is 0 Å². The fraction of sp³-hybridized carbons (Fsp3) is 0.182. The molecule has 0 aliphatic carbocycles. The third-order valence-corrected chi connectivity index (χ3v) is 4.43. The maximum atomic E-state index is 12.9. The molecule has 0 saturated heterocycles. The zero-order valence-electron chi connectivity index (χ0n) is 15.1. The molecule has 0 unspecified atom stereocenters. The van der Waals surface area contributed by atoms with Crippen LogP contribution in [-0.4, -0.2) is 29.8 Å². The van der Waals surface area contributed by atoms with E-state index in [2.05, 4.69) is 5.32 Å². The van der Waals surface area contributed by atoms with Crippen molar-refractivity contribution < 1.29 is 14.0 Å². The van der Waals surface area contributed by atoms with Crippen molar-refractivity contribution in [1.29, 1.82) is 0 Å². The van der Waals surface area contributed by atoms with Crippen LogP contribution in [0.5, 0.6) is 0 Å². The summed E-state index contributed by atoms with van der Waals surface area (Å²) in [6.07, 6.45) is 0. The first-order chi connectivity index (χ1) is 13.1. The highest BCUT2D eigenvalue weighted by Gasteiger charge is 2.19. The third kappa shape index (κ3) is 4.50. The van der Waals surface area contributed by atoms with Gasteiger partial charge in [0.15, 0.2) is 0 Å². The number of halogens is 1. The zero-order valence-corrected chi connectivity index (χ0v) is 15.1. The molecule has 3 rings (SSSR count). The predicted octanol–water partition coefficient (Wildman–Crippen LogP) is 3.76. The van der Waals surface area contributed by atoms with E-state index in [0.29, 0.717) is 18.7 Å². The predicted molar refractivity (Wildman–Crippen MR) is 104 cm³/mol. The number of fused-ring (bicyclic) bond motifs is 1. The van der Waals surface area contributed by atoms with Gasteiger partial charge in [-0.3, -0.25) is 9.59 Å². The smallest absolute Gasteiger partial charge is 0.254 e. The van der Waals surface area contributed by atoms with E-state index in [-0.39, 0.29) is 24.2 Å². The molecule has 2 amide bonds. The van der Waals surface area contributed by atoms with Gasteiger partial charge in [-0.25, -0.2) is 4.39 Å². The van der Waals surface area contributed by atoms with Gasteiger partial charge in [-0.2, -0.15) is 0 Å². The van der Waals surface area contributed by atoms with Gasteiger partial charge in [-0.05, 0) is 41.5 Å². The molecule has 0 bridgehead atoms. The van der Waals surface area contributed by atoms with Crippen molar-refractivity contribution >= 4 is 22.6 Å². The number of carbonyl (C=O) groups excluding carboxylic acids is 2. The Hall–Kier alpha value is -3.21. The Morgan fingerprint density at radius 2 is 1.67 bits per heavy atom. The highest BCUT2D eigenvalue weighted by Crippen LogP contribution is 2.20. The molecule has 0 aliphatic heterocycles. The molecule has 0 fully saturated rings. The van der Waals surface area contributed by atoms with Crippen LogP contribution < -0.4 is 5.32 Å². The van der Waals surface area contributed by atoms with Gasteiger partial charge in [-0.1, -0.05) is 48.5 Å². The minimum Gasteiger partial charge on any atom is -0.350 e. The van der Waals surface area contributed by atoms with Gasteiger partial charge in [0.05, 0.1) is 6.54 Å². The van der Waals surface area contributed by atoms with Crippen LogP contribution in [0.3, 0.4) is 0 Å². The quantitative estimate of drug-likeness (QED) is 0.724. The number of nitrogens with one attached hydrogen (secondary N) is 1. The van der Waals surface area contributed by atoms with Crippen LogP contribution in [-0.2, 0) is 11.3 Å². The summed E-state index contributed by atoms with van der Waals surface area (Å²) >= 11 is 0. The molecule has 0 saturated carbocycles. The molecule has 0 spiro atoms. The number of amides is 2. The Kier molecular flexibility index (Phi) is 5.81. The van der Waals surface area contributed by atoms with E-state index >= 15 is 0 Å². The summed E-state index contributed by atoms with van der Waals surface area (Å²) in [6.45, 7) is 2.53. The van der Waals surface area contributed by atoms with Gasteiger partial charge in [-0.15, -0.1) is 0 Å². The second-order valence-corrected chi connectivity index (χ2v) is 6.25. The Balaban J connectivity index is 1.67. The number of benzene rings is 3. The summed E-state index contributed by atoms with van der Waals surface area (Å²) in [5, 5.41) is 4.63. The summed E-state index contributed by atoms with van der Waals surface area (Å²) in [5.41, 5.74) is 1.38. The standard InChI is InChI=1S/C22H21FN2O2/c1-2-25(15-21(26)24-14-16-10-12-18(23)13-11-16)22(27)20-9-5-7-17-6-3-4-8-19(17)20/h3-13H,2,14-15H2,1H3,(H,24,26). The molecule has 0 radical (unpaired) electrons. The van der Waals surface area contributed by atoms with Crippen molar-refractivity contribution in [1.82, 2.24) is 10.2 Å². The van der Waals surface area contributed by atoms with Gasteiger partial charge in [0, 0.05) is 18.7 Å². The van der Waals surface area contributed by atoms with Crippen molar-refractivity contribution in [3.8, 4) is 0 Å². The second-order valence-electron chi connectivity index (χ2n) is 6.25. The minimum absolute atomic E-state index is 0.0280. The first kappa shape index (κ1) is 18.6. The monoisotopic (exact) mass is 364 g/mol. The van der Waals surface area contributed by atoms with E-state index < -0.39 is 0 Å². The lowest BCUT2D eigenvalue weighted by molar-refractivity contribution is -0.121. The van der Waals surface area contributed by atoms with Crippen LogP contribution >= 0.6 is 0 Å². The van der Waals surface area contributed by atoms with E-state index in [0.717, 1.165) is 16.3 Å². The largest absolute Gasteiger partial charge is 0.350 e. The molecule has 3 aromatic carbocycles. The van der Waals surface area contributed by atoms with Crippen molar-refractivity contribution in [2.24, 2.45) is 0 Å². The number of hydrogen-bond acceptors (Lipinski definition) is 2. The molecule has 3 aromatic rings. The molecule has 0 atom stereocenters. The molecule has 0 heterocycles. The summed E-state index contributed by atoms with van der Waals surface area (Å²) in [7, 11) is 0. The number of rotatable bonds is 6. The minimum atomic E-state index is -0.317. The fourth-order valence-electron chi connectivity index (χ4n) is 2.94. The lowest BCUT2D eigenvalue weighted by Gasteiger charge is -2.21. The highest BCUT2D eigenvalue weighted by atomic mass is 19.1. The van der Waals surface area contributed by atoms with Gasteiger partial charge >= 0.3 is 0 Å². The molecule has 0 aliphatic rings. The van der Waals surface area contributed by atoms with E-state index in [1.807, 2.05) is 43.3 Å². The summed E-state index contributed by atoms with van der Waals surface area (Å²) in [5.74, 6) is -0.746. The van der Waals surface area contributed by atoms with Gasteiger partial charge in [0.2, 0.25) is 5.91 Å². The third-order valence-electron chi connectivity index (χ3n) is 4.43. The van der Waals surface area contributed by atoms with E-state index in [4.69, 9.17) is 0 Å². The van der Waals surface area contributed by atoms with Crippen LogP contribution in [0.15, 0.2) is 66.7 Å². The number of carbonyl (C=O) groups is 2. The Labute approximate surface area is 157 Å². The number of hydrogen-bond donors (Lipinski definition) is 1. The first-order valence-corrected chi connectivity index (χ1v) is 8.86. The second kappa shape index (κ2) is 8.45. The lowest BCUT2D eigenvalue weighted by atomic mass is 10.0. The molecule has 27 heavy (non-hydrogen) atoms. The zero-order chi connectivity index (χ0) is 19.2. The van der Waals surface area contributed by atoms with E-state index in [1.165, 1.54) is 17.0 Å². The Morgan fingerprint density at radius 1 is 0.963 bits per heavy atom. The average molecular weight is 364 g/mol. The van der Waals surface area contributed by atoms with Crippen LogP contribution in [0.4, 0.5) is 4.39 Å². The molecule has 4 nitrogen and oxygen atoms in total. The van der Waals surface area contributed by atoms with Gasteiger partial charge in [0.1, 0.15) is 5.82 Å². The Bertz CT molecular complexity index is 949. The summed E-state index contributed by atoms with van der Waals surface area (Å²) < 4.78 is 12.9. The van der Waals surface area contributed by atoms with Gasteiger partial charge in [0.25, 0.3) is 5.91 Å². The maximum absolute atomic E-state index is 12.9. The molecular weight excluding hydrogens is 343 g/mol. The first-order valence-electron chi connectivity index (χ1n) is 8.86. The summed E-state index contributed by atoms with van der Waals surface area (Å²) in [6, 6.07) is 19.2. The summed E-state index contributed by atoms with van der Waals surface area (Å²) in [4.78, 5) is 26.7. The molecule has 138 valence electrons. The number of nitrogens with zero attached hydrogens (tertiary/aromatic N) is 1. The van der Waals surface area contributed by atoms with Crippen molar-refractivity contribution in [3.05, 3.63) is 83.7 Å². The van der Waals surface area contributed by atoms with Crippen LogP contribution in [0.1, 0.15) is 22.8 Å². The van der Waals surface area contributed by atoms with Crippen LogP contribution in [0.25, 0.3) is 10.8 Å². The van der Waals surface area contributed by atoms with E-state index in [1.54, 1.807) is 18.2 Å². The normalized spacial score (nSPS) is 10.6. The highest BCUT2D eigenvalue weighted by molar-refractivity contribution is 6.07. The number of likely N-dealkylation sites (N-methyl/N-ethyl adjacent to an activating group) is 1. The van der Waals surface area contributed by atoms with Crippen molar-refractivity contribution in [2.75, 3.05) is 13.1 Å². The topological polar surface area (TPSA) is 49.4 Å². The van der Waals surface area contributed by atoms with Crippen LogP contribution in [0.2, 0.25) is 0 Å². The molecule has 0 aromatic heterocycles. The van der Waals surface area contributed by atoms with Gasteiger partial charge < -0.3 is 10.2 Å².